The van der Waals surface area contributed by atoms with Crippen molar-refractivity contribution in [2.75, 3.05) is 18.4 Å². The van der Waals surface area contributed by atoms with Gasteiger partial charge in [0.1, 0.15) is 0 Å². The van der Waals surface area contributed by atoms with Gasteiger partial charge in [-0.2, -0.15) is 0 Å². The summed E-state index contributed by atoms with van der Waals surface area (Å²) in [6.45, 7) is 2.50. The molecule has 0 aromatic heterocycles. The van der Waals surface area contributed by atoms with Crippen molar-refractivity contribution in [1.82, 2.24) is 10.2 Å². The van der Waals surface area contributed by atoms with E-state index in [2.05, 4.69) is 33.7 Å². The maximum atomic E-state index is 5.55. The molecule has 3 nitrogen and oxygen atoms in total. The third kappa shape index (κ3) is 2.86. The quantitative estimate of drug-likeness (QED) is 0.820. The average molecular weight is 315 g/mol. The summed E-state index contributed by atoms with van der Waals surface area (Å²) >= 11 is 5.55. The summed E-state index contributed by atoms with van der Waals surface area (Å²) in [4.78, 5) is 2.64. The first kappa shape index (κ1) is 14.5. The van der Waals surface area contributed by atoms with Crippen molar-refractivity contribution in [2.45, 2.75) is 57.0 Å². The van der Waals surface area contributed by atoms with E-state index in [-0.39, 0.29) is 0 Å². The number of hydrogen-bond acceptors (Lipinski definition) is 2. The fourth-order valence-corrected chi connectivity index (χ4v) is 4.67. The molecule has 4 rings (SSSR count). The number of aryl methyl sites for hydroxylation is 2. The molecular weight excluding hydrogens is 290 g/mol. The molecule has 1 aliphatic carbocycles. The summed E-state index contributed by atoms with van der Waals surface area (Å²) in [5.41, 5.74) is 4.14. The van der Waals surface area contributed by atoms with Crippen molar-refractivity contribution in [3.63, 3.8) is 0 Å². The van der Waals surface area contributed by atoms with E-state index in [1.807, 2.05) is 0 Å². The van der Waals surface area contributed by atoms with Gasteiger partial charge in [-0.25, -0.2) is 0 Å². The topological polar surface area (TPSA) is 27.3 Å². The predicted molar refractivity (Wildman–Crippen MR) is 95.4 cm³/mol. The number of fused-ring (bicyclic) bond motifs is 2. The Kier molecular flexibility index (Phi) is 4.05. The van der Waals surface area contributed by atoms with Gasteiger partial charge in [0.25, 0.3) is 0 Å². The molecule has 3 aliphatic rings. The molecule has 2 N–H and O–H groups in total. The number of rotatable bonds is 2. The average Bonchev–Trinajstić information content (AvgIpc) is 3.14. The van der Waals surface area contributed by atoms with Gasteiger partial charge in [-0.1, -0.05) is 12.5 Å². The van der Waals surface area contributed by atoms with Crippen LogP contribution in [-0.4, -0.2) is 35.2 Å². The Balaban J connectivity index is 1.36. The van der Waals surface area contributed by atoms with Gasteiger partial charge in [0.05, 0.1) is 0 Å². The number of anilines is 1. The van der Waals surface area contributed by atoms with Gasteiger partial charge in [-0.3, -0.25) is 4.90 Å². The second-order valence-corrected chi connectivity index (χ2v) is 7.34. The van der Waals surface area contributed by atoms with E-state index in [1.165, 1.54) is 69.2 Å². The molecular formula is C18H25N3S. The highest BCUT2D eigenvalue weighted by Gasteiger charge is 2.35. The number of benzene rings is 1. The molecule has 2 saturated heterocycles. The van der Waals surface area contributed by atoms with Crippen molar-refractivity contribution in [1.29, 1.82) is 0 Å². The van der Waals surface area contributed by atoms with Gasteiger partial charge in [0.15, 0.2) is 5.11 Å². The number of hydrogen-bond donors (Lipinski definition) is 2. The zero-order chi connectivity index (χ0) is 14.9. The summed E-state index contributed by atoms with van der Waals surface area (Å²) in [5.74, 6) is 0. The molecule has 0 amide bonds. The summed E-state index contributed by atoms with van der Waals surface area (Å²) in [6, 6.07) is 7.91. The maximum absolute atomic E-state index is 5.55. The molecule has 0 bridgehead atoms. The third-order valence-corrected chi connectivity index (χ3v) is 5.75. The highest BCUT2D eigenvalue weighted by Crippen LogP contribution is 2.28. The second kappa shape index (κ2) is 6.17. The van der Waals surface area contributed by atoms with Crippen molar-refractivity contribution >= 4 is 23.0 Å². The lowest BCUT2D eigenvalue weighted by molar-refractivity contribution is 0.185. The van der Waals surface area contributed by atoms with Crippen LogP contribution in [0.4, 0.5) is 5.69 Å². The van der Waals surface area contributed by atoms with Gasteiger partial charge in [-0.05, 0) is 80.5 Å². The normalized spacial score (nSPS) is 27.3. The van der Waals surface area contributed by atoms with E-state index in [0.717, 1.165) is 10.8 Å². The van der Waals surface area contributed by atoms with Crippen LogP contribution in [0.1, 0.15) is 43.2 Å². The van der Waals surface area contributed by atoms with Crippen LogP contribution in [0.2, 0.25) is 0 Å². The smallest absolute Gasteiger partial charge is 0.171 e. The number of nitrogens with zero attached hydrogens (tertiary/aromatic N) is 1. The van der Waals surface area contributed by atoms with Crippen molar-refractivity contribution in [3.05, 3.63) is 29.3 Å². The van der Waals surface area contributed by atoms with Crippen LogP contribution in [0.5, 0.6) is 0 Å². The van der Waals surface area contributed by atoms with Gasteiger partial charge >= 0.3 is 0 Å². The van der Waals surface area contributed by atoms with Crippen LogP contribution in [0.25, 0.3) is 0 Å². The van der Waals surface area contributed by atoms with Crippen LogP contribution in [0, 0.1) is 0 Å². The molecule has 0 saturated carbocycles. The minimum absolute atomic E-state index is 0.523. The predicted octanol–water partition coefficient (Wildman–Crippen LogP) is 3.09. The van der Waals surface area contributed by atoms with Crippen LogP contribution >= 0.6 is 12.2 Å². The van der Waals surface area contributed by atoms with E-state index in [1.54, 1.807) is 0 Å². The van der Waals surface area contributed by atoms with Crippen molar-refractivity contribution < 1.29 is 0 Å². The maximum Gasteiger partial charge on any atom is 0.171 e. The van der Waals surface area contributed by atoms with E-state index in [9.17, 15) is 0 Å². The summed E-state index contributed by atoms with van der Waals surface area (Å²) in [5, 5.41) is 7.76. The molecule has 1 aromatic carbocycles. The van der Waals surface area contributed by atoms with Crippen LogP contribution in [-0.2, 0) is 12.8 Å². The molecule has 0 spiro atoms. The Labute approximate surface area is 138 Å². The van der Waals surface area contributed by atoms with E-state index < -0.39 is 0 Å². The number of piperidine rings is 1. The molecule has 4 heteroatoms. The van der Waals surface area contributed by atoms with Crippen LogP contribution in [0.15, 0.2) is 18.2 Å². The highest BCUT2D eigenvalue weighted by atomic mass is 32.1. The Morgan fingerprint density at radius 2 is 1.95 bits per heavy atom. The number of thiocarbonyl (C=S) groups is 1. The Morgan fingerprint density at radius 3 is 2.91 bits per heavy atom. The van der Waals surface area contributed by atoms with E-state index >= 15 is 0 Å². The van der Waals surface area contributed by atoms with Crippen LogP contribution in [0.3, 0.4) is 0 Å². The molecule has 2 atom stereocenters. The summed E-state index contributed by atoms with van der Waals surface area (Å²) < 4.78 is 0. The van der Waals surface area contributed by atoms with Gasteiger partial charge < -0.3 is 10.6 Å². The lowest BCUT2D eigenvalue weighted by Crippen LogP contribution is -2.47. The zero-order valence-electron chi connectivity index (χ0n) is 13.1. The second-order valence-electron chi connectivity index (χ2n) is 6.93. The molecule has 22 heavy (non-hydrogen) atoms. The summed E-state index contributed by atoms with van der Waals surface area (Å²) in [7, 11) is 0. The minimum Gasteiger partial charge on any atom is -0.358 e. The Morgan fingerprint density at radius 1 is 1.05 bits per heavy atom. The molecule has 2 aliphatic heterocycles. The first-order valence-corrected chi connectivity index (χ1v) is 9.14. The van der Waals surface area contributed by atoms with Gasteiger partial charge in [0, 0.05) is 24.3 Å². The Bertz CT molecular complexity index is 571. The van der Waals surface area contributed by atoms with Gasteiger partial charge in [-0.15, -0.1) is 0 Å². The molecule has 118 valence electrons. The standard InChI is InChI=1S/C18H25N3S/c22-18(19-15-8-7-13-4-3-5-14(13)12-15)20-16-9-11-21-10-2-1-6-17(16)21/h7-8,12,16-17H,1-6,9-11H2,(H2,19,20,22)/t16-,17-/m0/s1. The first-order chi connectivity index (χ1) is 10.8. The van der Waals surface area contributed by atoms with Crippen molar-refractivity contribution in [3.8, 4) is 0 Å². The SMILES string of the molecule is S=C(Nc1ccc2c(c1)CCC2)N[C@H]1CCN2CCCC[C@@H]12. The summed E-state index contributed by atoms with van der Waals surface area (Å²) in [6.07, 6.45) is 9.00. The zero-order valence-corrected chi connectivity index (χ0v) is 13.9. The first-order valence-electron chi connectivity index (χ1n) is 8.73. The molecule has 0 unspecified atom stereocenters. The molecule has 1 aromatic rings. The van der Waals surface area contributed by atoms with Gasteiger partial charge in [0.2, 0.25) is 0 Å². The lowest BCUT2D eigenvalue weighted by atomic mass is 9.99. The van der Waals surface area contributed by atoms with Crippen molar-refractivity contribution in [2.24, 2.45) is 0 Å². The highest BCUT2D eigenvalue weighted by molar-refractivity contribution is 7.80. The van der Waals surface area contributed by atoms with Crippen LogP contribution < -0.4 is 10.6 Å². The molecule has 2 heterocycles. The van der Waals surface area contributed by atoms with E-state index in [4.69, 9.17) is 12.2 Å². The minimum atomic E-state index is 0.523. The Hall–Kier alpha value is -1.13. The largest absolute Gasteiger partial charge is 0.358 e. The monoisotopic (exact) mass is 315 g/mol. The molecule has 2 fully saturated rings. The fraction of sp³-hybridized carbons (Fsp3) is 0.611. The molecule has 0 radical (unpaired) electrons. The lowest BCUT2D eigenvalue weighted by Gasteiger charge is -2.33. The fourth-order valence-electron chi connectivity index (χ4n) is 4.40. The number of nitrogens with one attached hydrogen (secondary N) is 2. The third-order valence-electron chi connectivity index (χ3n) is 5.53. The van der Waals surface area contributed by atoms with E-state index in [0.29, 0.717) is 12.1 Å².